The number of allylic oxidation sites excluding steroid dienone is 2. The summed E-state index contributed by atoms with van der Waals surface area (Å²) in [6, 6.07) is 0. The zero-order valence-electron chi connectivity index (χ0n) is 9.19. The van der Waals surface area contributed by atoms with Crippen molar-refractivity contribution in [2.75, 3.05) is 0 Å². The summed E-state index contributed by atoms with van der Waals surface area (Å²) in [6.45, 7) is 2.30. The fourth-order valence-corrected chi connectivity index (χ4v) is 4.25. The maximum atomic E-state index is 2.78. The highest BCUT2D eigenvalue weighted by Crippen LogP contribution is 2.47. The minimum Gasteiger partial charge on any atom is -0.0843 e. The van der Waals surface area contributed by atoms with Crippen molar-refractivity contribution < 1.29 is 0 Å². The van der Waals surface area contributed by atoms with Gasteiger partial charge in [-0.3, -0.25) is 0 Å². The van der Waals surface area contributed by atoms with E-state index in [1.54, 1.807) is 5.57 Å². The number of hydrogen-bond acceptors (Lipinski definition) is 0. The lowest BCUT2D eigenvalue weighted by atomic mass is 9.85. The predicted octanol–water partition coefficient (Wildman–Crippen LogP) is 4.87. The molecule has 1 saturated carbocycles. The van der Waals surface area contributed by atoms with Gasteiger partial charge in [-0.05, 0) is 51.4 Å². The summed E-state index contributed by atoms with van der Waals surface area (Å²) in [5.41, 5.74) is 1.63. The fraction of sp³-hybridized carbons (Fsp3) is 0.846. The molecule has 1 atom stereocenters. The summed E-state index contributed by atoms with van der Waals surface area (Å²) in [5.74, 6) is 1.02. The standard InChI is InChI=1S/C13H21I/c1-11-5-4-9-13(14,10-8-11)12-6-2-3-7-12/h8,12H,2-7,9-10H2,1H3/t13-/m0/s1. The molecule has 1 fully saturated rings. The average molecular weight is 304 g/mol. The van der Waals surface area contributed by atoms with Crippen LogP contribution in [0.1, 0.15) is 58.3 Å². The maximum Gasteiger partial charge on any atom is 0.0285 e. The Kier molecular flexibility index (Phi) is 3.56. The van der Waals surface area contributed by atoms with Crippen molar-refractivity contribution >= 4 is 22.6 Å². The van der Waals surface area contributed by atoms with Crippen molar-refractivity contribution in [2.45, 2.75) is 61.7 Å². The molecule has 0 heterocycles. The third-order valence-corrected chi connectivity index (χ3v) is 5.90. The first-order valence-electron chi connectivity index (χ1n) is 6.05. The van der Waals surface area contributed by atoms with Gasteiger partial charge in [0.25, 0.3) is 0 Å². The average Bonchev–Trinajstić information content (AvgIpc) is 2.63. The van der Waals surface area contributed by atoms with Gasteiger partial charge in [0.2, 0.25) is 0 Å². The molecule has 0 N–H and O–H groups in total. The molecule has 0 aliphatic heterocycles. The highest BCUT2D eigenvalue weighted by Gasteiger charge is 2.37. The molecule has 0 aromatic rings. The van der Waals surface area contributed by atoms with Gasteiger partial charge in [0, 0.05) is 3.42 Å². The zero-order chi connectivity index (χ0) is 10.0. The Balaban J connectivity index is 2.06. The molecule has 80 valence electrons. The van der Waals surface area contributed by atoms with Gasteiger partial charge in [0.1, 0.15) is 0 Å². The Morgan fingerprint density at radius 3 is 2.71 bits per heavy atom. The number of hydrogen-bond donors (Lipinski definition) is 0. The van der Waals surface area contributed by atoms with E-state index in [0.29, 0.717) is 3.42 Å². The van der Waals surface area contributed by atoms with Crippen molar-refractivity contribution in [3.8, 4) is 0 Å². The van der Waals surface area contributed by atoms with Crippen molar-refractivity contribution in [3.63, 3.8) is 0 Å². The van der Waals surface area contributed by atoms with Crippen LogP contribution in [-0.2, 0) is 0 Å². The van der Waals surface area contributed by atoms with E-state index in [-0.39, 0.29) is 0 Å². The fourth-order valence-electron chi connectivity index (χ4n) is 3.02. The van der Waals surface area contributed by atoms with Crippen molar-refractivity contribution in [3.05, 3.63) is 11.6 Å². The van der Waals surface area contributed by atoms with Crippen LogP contribution in [0.2, 0.25) is 0 Å². The SMILES string of the molecule is CC1=CC[C@](I)(C2CCCC2)CCC1. The van der Waals surface area contributed by atoms with Gasteiger partial charge < -0.3 is 0 Å². The molecule has 0 saturated heterocycles. The quantitative estimate of drug-likeness (QED) is 0.368. The number of alkyl halides is 1. The number of rotatable bonds is 1. The van der Waals surface area contributed by atoms with E-state index >= 15 is 0 Å². The first kappa shape index (κ1) is 11.0. The number of halogens is 1. The molecule has 0 nitrogen and oxygen atoms in total. The summed E-state index contributed by atoms with van der Waals surface area (Å²) < 4.78 is 0.617. The molecule has 0 radical (unpaired) electrons. The first-order chi connectivity index (χ1) is 6.71. The van der Waals surface area contributed by atoms with E-state index in [0.717, 1.165) is 5.92 Å². The largest absolute Gasteiger partial charge is 0.0843 e. The smallest absolute Gasteiger partial charge is 0.0285 e. The second-order valence-corrected chi connectivity index (χ2v) is 7.27. The Morgan fingerprint density at radius 1 is 1.29 bits per heavy atom. The minimum atomic E-state index is 0.617. The molecular weight excluding hydrogens is 283 g/mol. The summed E-state index contributed by atoms with van der Waals surface area (Å²) in [5, 5.41) is 0. The highest BCUT2D eigenvalue weighted by atomic mass is 127. The molecular formula is C13H21I. The molecule has 0 aromatic heterocycles. The van der Waals surface area contributed by atoms with Crippen molar-refractivity contribution in [2.24, 2.45) is 5.92 Å². The second kappa shape index (κ2) is 4.54. The molecule has 0 bridgehead atoms. The monoisotopic (exact) mass is 304 g/mol. The molecule has 2 rings (SSSR count). The molecule has 1 heteroatoms. The lowest BCUT2D eigenvalue weighted by Crippen LogP contribution is -2.28. The molecule has 0 amide bonds. The Labute approximate surface area is 102 Å². The maximum absolute atomic E-state index is 2.78. The van der Waals surface area contributed by atoms with Crippen LogP contribution in [0.25, 0.3) is 0 Å². The Bertz CT molecular complexity index is 225. The van der Waals surface area contributed by atoms with Crippen molar-refractivity contribution in [1.82, 2.24) is 0 Å². The molecule has 2 aliphatic carbocycles. The van der Waals surface area contributed by atoms with E-state index in [1.807, 2.05) is 0 Å². The van der Waals surface area contributed by atoms with Gasteiger partial charge in [-0.1, -0.05) is 47.1 Å². The van der Waals surface area contributed by atoms with Crippen LogP contribution >= 0.6 is 22.6 Å². The Hall–Kier alpha value is 0.470. The highest BCUT2D eigenvalue weighted by molar-refractivity contribution is 14.1. The lowest BCUT2D eigenvalue weighted by Gasteiger charge is -2.32. The van der Waals surface area contributed by atoms with Gasteiger partial charge >= 0.3 is 0 Å². The van der Waals surface area contributed by atoms with Crippen molar-refractivity contribution in [1.29, 1.82) is 0 Å². The van der Waals surface area contributed by atoms with Crippen LogP contribution in [0.5, 0.6) is 0 Å². The molecule has 2 aliphatic rings. The van der Waals surface area contributed by atoms with E-state index < -0.39 is 0 Å². The van der Waals surface area contributed by atoms with Gasteiger partial charge in [-0.15, -0.1) is 0 Å². The van der Waals surface area contributed by atoms with Crippen LogP contribution in [0.15, 0.2) is 11.6 Å². The van der Waals surface area contributed by atoms with Crippen LogP contribution in [-0.4, -0.2) is 3.42 Å². The van der Waals surface area contributed by atoms with Crippen LogP contribution in [0.3, 0.4) is 0 Å². The molecule has 0 aromatic carbocycles. The zero-order valence-corrected chi connectivity index (χ0v) is 11.3. The van der Waals surface area contributed by atoms with Crippen LogP contribution in [0, 0.1) is 5.92 Å². The van der Waals surface area contributed by atoms with E-state index in [9.17, 15) is 0 Å². The third kappa shape index (κ3) is 2.34. The van der Waals surface area contributed by atoms with Gasteiger partial charge in [-0.25, -0.2) is 0 Å². The van der Waals surface area contributed by atoms with Gasteiger partial charge in [0.15, 0.2) is 0 Å². The third-order valence-electron chi connectivity index (χ3n) is 4.04. The first-order valence-corrected chi connectivity index (χ1v) is 7.13. The van der Waals surface area contributed by atoms with Gasteiger partial charge in [-0.2, -0.15) is 0 Å². The van der Waals surface area contributed by atoms with E-state index in [2.05, 4.69) is 35.6 Å². The summed E-state index contributed by atoms with van der Waals surface area (Å²) in [7, 11) is 0. The normalized spacial score (nSPS) is 35.4. The second-order valence-electron chi connectivity index (χ2n) is 5.12. The predicted molar refractivity (Wildman–Crippen MR) is 70.9 cm³/mol. The van der Waals surface area contributed by atoms with Crippen LogP contribution < -0.4 is 0 Å². The summed E-state index contributed by atoms with van der Waals surface area (Å²) >= 11 is 2.78. The summed E-state index contributed by atoms with van der Waals surface area (Å²) in [6.07, 6.45) is 14.0. The molecule has 14 heavy (non-hydrogen) atoms. The Morgan fingerprint density at radius 2 is 2.00 bits per heavy atom. The van der Waals surface area contributed by atoms with E-state index in [1.165, 1.54) is 51.4 Å². The van der Waals surface area contributed by atoms with E-state index in [4.69, 9.17) is 0 Å². The molecule has 0 spiro atoms. The molecule has 0 unspecified atom stereocenters. The minimum absolute atomic E-state index is 0.617. The van der Waals surface area contributed by atoms with Gasteiger partial charge in [0.05, 0.1) is 0 Å². The summed E-state index contributed by atoms with van der Waals surface area (Å²) in [4.78, 5) is 0. The van der Waals surface area contributed by atoms with Crippen LogP contribution in [0.4, 0.5) is 0 Å². The topological polar surface area (TPSA) is 0 Å². The lowest BCUT2D eigenvalue weighted by molar-refractivity contribution is 0.382.